The lowest BCUT2D eigenvalue weighted by atomic mass is 9.87. The molecule has 0 radical (unpaired) electrons. The molecule has 1 aliphatic rings. The summed E-state index contributed by atoms with van der Waals surface area (Å²) in [7, 11) is 1.92. The van der Waals surface area contributed by atoms with Gasteiger partial charge in [0.15, 0.2) is 0 Å². The minimum absolute atomic E-state index is 0.146. The van der Waals surface area contributed by atoms with Gasteiger partial charge in [-0.05, 0) is 45.2 Å². The van der Waals surface area contributed by atoms with Crippen LogP contribution in [0.25, 0.3) is 0 Å². The van der Waals surface area contributed by atoms with Crippen molar-refractivity contribution >= 4 is 12.2 Å². The molecule has 0 bridgehead atoms. The van der Waals surface area contributed by atoms with Gasteiger partial charge in [-0.3, -0.25) is 0 Å². The molecule has 0 spiro atoms. The minimum atomic E-state index is -1.38. The van der Waals surface area contributed by atoms with Crippen molar-refractivity contribution in [2.24, 2.45) is 5.92 Å². The number of carbonyl (C=O) groups excluding carboxylic acids is 1. The molecule has 0 aliphatic heterocycles. The highest BCUT2D eigenvalue weighted by Crippen LogP contribution is 2.25. The number of carbonyl (C=O) groups is 2. The average Bonchev–Trinajstić information content (AvgIpc) is 2.20. The van der Waals surface area contributed by atoms with Crippen molar-refractivity contribution < 1.29 is 19.4 Å². The number of amides is 2. The van der Waals surface area contributed by atoms with Gasteiger partial charge in [-0.1, -0.05) is 0 Å². The molecular formula is C10H18N2O4. The molecule has 1 fully saturated rings. The van der Waals surface area contributed by atoms with Gasteiger partial charge in [0.1, 0.15) is 6.10 Å². The quantitative estimate of drug-likeness (QED) is 0.677. The fourth-order valence-corrected chi connectivity index (χ4v) is 2.01. The summed E-state index contributed by atoms with van der Waals surface area (Å²) in [6, 6.07) is 0. The van der Waals surface area contributed by atoms with Gasteiger partial charge in [-0.25, -0.2) is 14.9 Å². The normalized spacial score (nSPS) is 24.8. The van der Waals surface area contributed by atoms with Gasteiger partial charge in [0.25, 0.3) is 0 Å². The summed E-state index contributed by atoms with van der Waals surface area (Å²) in [5.41, 5.74) is 0. The third-order valence-electron chi connectivity index (χ3n) is 2.77. The van der Waals surface area contributed by atoms with Crippen molar-refractivity contribution in [3.05, 3.63) is 0 Å². The van der Waals surface area contributed by atoms with Crippen LogP contribution < -0.4 is 10.6 Å². The molecule has 1 aliphatic carbocycles. The second-order valence-electron chi connectivity index (χ2n) is 4.04. The Bertz CT molecular complexity index is 249. The number of rotatable bonds is 3. The lowest BCUT2D eigenvalue weighted by Gasteiger charge is -2.27. The fraction of sp³-hybridized carbons (Fsp3) is 0.800. The van der Waals surface area contributed by atoms with Crippen molar-refractivity contribution in [2.45, 2.75) is 31.8 Å². The van der Waals surface area contributed by atoms with Crippen LogP contribution in [0, 0.1) is 5.92 Å². The molecule has 0 aromatic heterocycles. The minimum Gasteiger partial charge on any atom is -0.465 e. The standard InChI is InChI=1S/C10H18N2O4/c1-11-6-7-2-4-8(5-3-7)16-10(15)12-9(13)14/h7-8,11H,2-6H2,1H3,(H,12,15)(H,13,14)/t7-,8+. The first-order chi connectivity index (χ1) is 7.61. The van der Waals surface area contributed by atoms with E-state index in [1.54, 1.807) is 5.32 Å². The van der Waals surface area contributed by atoms with Gasteiger partial charge in [-0.15, -0.1) is 0 Å². The highest BCUT2D eigenvalue weighted by Gasteiger charge is 2.23. The van der Waals surface area contributed by atoms with Crippen LogP contribution in [-0.4, -0.2) is 37.0 Å². The van der Waals surface area contributed by atoms with E-state index in [1.165, 1.54) is 0 Å². The molecule has 1 rings (SSSR count). The van der Waals surface area contributed by atoms with E-state index >= 15 is 0 Å². The summed E-state index contributed by atoms with van der Waals surface area (Å²) >= 11 is 0. The molecule has 1 saturated carbocycles. The number of alkyl carbamates (subject to hydrolysis) is 1. The molecule has 3 N–H and O–H groups in total. The monoisotopic (exact) mass is 230 g/mol. The zero-order valence-corrected chi connectivity index (χ0v) is 9.36. The van der Waals surface area contributed by atoms with E-state index in [0.29, 0.717) is 5.92 Å². The van der Waals surface area contributed by atoms with Crippen LogP contribution >= 0.6 is 0 Å². The van der Waals surface area contributed by atoms with Crippen molar-refractivity contribution in [3.63, 3.8) is 0 Å². The van der Waals surface area contributed by atoms with Crippen LogP contribution in [0.4, 0.5) is 9.59 Å². The summed E-state index contributed by atoms with van der Waals surface area (Å²) in [4.78, 5) is 21.2. The molecule has 0 heterocycles. The van der Waals surface area contributed by atoms with Gasteiger partial charge in [0.2, 0.25) is 0 Å². The molecule has 0 atom stereocenters. The van der Waals surface area contributed by atoms with Crippen LogP contribution in [0.15, 0.2) is 0 Å². The van der Waals surface area contributed by atoms with Crippen LogP contribution in [-0.2, 0) is 4.74 Å². The van der Waals surface area contributed by atoms with E-state index in [-0.39, 0.29) is 6.10 Å². The lowest BCUT2D eigenvalue weighted by Crippen LogP contribution is -2.35. The number of nitrogens with one attached hydrogen (secondary N) is 2. The van der Waals surface area contributed by atoms with E-state index in [2.05, 4.69) is 5.32 Å². The van der Waals surface area contributed by atoms with E-state index < -0.39 is 12.2 Å². The van der Waals surface area contributed by atoms with Crippen LogP contribution in [0.5, 0.6) is 0 Å². The number of imide groups is 1. The third kappa shape index (κ3) is 4.48. The Labute approximate surface area is 94.3 Å². The Morgan fingerprint density at radius 1 is 1.31 bits per heavy atom. The fourth-order valence-electron chi connectivity index (χ4n) is 2.01. The van der Waals surface area contributed by atoms with Crippen molar-refractivity contribution in [3.8, 4) is 0 Å². The number of carboxylic acid groups (broad SMARTS) is 1. The predicted octanol–water partition coefficient (Wildman–Crippen LogP) is 1.17. The molecule has 0 unspecified atom stereocenters. The second kappa shape index (κ2) is 6.32. The van der Waals surface area contributed by atoms with Crippen molar-refractivity contribution in [1.82, 2.24) is 10.6 Å². The molecule has 0 aromatic carbocycles. The van der Waals surface area contributed by atoms with E-state index in [0.717, 1.165) is 32.2 Å². The summed E-state index contributed by atoms with van der Waals surface area (Å²) in [6.07, 6.45) is 1.22. The number of hydrogen-bond acceptors (Lipinski definition) is 4. The highest BCUT2D eigenvalue weighted by molar-refractivity contribution is 5.86. The van der Waals surface area contributed by atoms with Gasteiger partial charge < -0.3 is 15.2 Å². The Morgan fingerprint density at radius 2 is 1.94 bits per heavy atom. The lowest BCUT2D eigenvalue weighted by molar-refractivity contribution is 0.0645. The first kappa shape index (κ1) is 12.8. The van der Waals surface area contributed by atoms with Crippen molar-refractivity contribution in [2.75, 3.05) is 13.6 Å². The summed E-state index contributed by atoms with van der Waals surface area (Å²) in [6.45, 7) is 0.980. The van der Waals surface area contributed by atoms with Crippen molar-refractivity contribution in [1.29, 1.82) is 0 Å². The Kier molecular flexibility index (Phi) is 5.04. The molecule has 6 heteroatoms. The first-order valence-corrected chi connectivity index (χ1v) is 5.47. The second-order valence-corrected chi connectivity index (χ2v) is 4.04. The molecule has 92 valence electrons. The smallest absolute Gasteiger partial charge is 0.416 e. The van der Waals surface area contributed by atoms with Crippen LogP contribution in [0.1, 0.15) is 25.7 Å². The number of hydrogen-bond donors (Lipinski definition) is 3. The Hall–Kier alpha value is -1.30. The van der Waals surface area contributed by atoms with Gasteiger partial charge in [-0.2, -0.15) is 0 Å². The maximum atomic E-state index is 11.0. The zero-order chi connectivity index (χ0) is 12.0. The zero-order valence-electron chi connectivity index (χ0n) is 9.36. The molecule has 6 nitrogen and oxygen atoms in total. The topological polar surface area (TPSA) is 87.7 Å². The molecule has 0 saturated heterocycles. The van der Waals surface area contributed by atoms with E-state index in [1.807, 2.05) is 7.05 Å². The molecule has 2 amide bonds. The SMILES string of the molecule is CNC[C@H]1CC[C@@H](OC(=O)NC(=O)O)CC1. The van der Waals surface area contributed by atoms with E-state index in [9.17, 15) is 9.59 Å². The summed E-state index contributed by atoms with van der Waals surface area (Å²) in [5.74, 6) is 0.632. The Balaban J connectivity index is 2.21. The largest absolute Gasteiger partial charge is 0.465 e. The van der Waals surface area contributed by atoms with Gasteiger partial charge >= 0.3 is 12.2 Å². The first-order valence-electron chi connectivity index (χ1n) is 5.47. The molecule has 16 heavy (non-hydrogen) atoms. The summed E-state index contributed by atoms with van der Waals surface area (Å²) < 4.78 is 4.98. The predicted molar refractivity (Wildman–Crippen MR) is 57.3 cm³/mol. The molecule has 0 aromatic rings. The maximum Gasteiger partial charge on any atom is 0.416 e. The maximum absolute atomic E-state index is 11.0. The average molecular weight is 230 g/mol. The van der Waals surface area contributed by atoms with Gasteiger partial charge in [0, 0.05) is 0 Å². The highest BCUT2D eigenvalue weighted by atomic mass is 16.6. The van der Waals surface area contributed by atoms with Crippen LogP contribution in [0.2, 0.25) is 0 Å². The number of ether oxygens (including phenoxy) is 1. The molecular weight excluding hydrogens is 212 g/mol. The van der Waals surface area contributed by atoms with Crippen LogP contribution in [0.3, 0.4) is 0 Å². The van der Waals surface area contributed by atoms with Gasteiger partial charge in [0.05, 0.1) is 0 Å². The summed E-state index contributed by atoms with van der Waals surface area (Å²) in [5, 5.41) is 13.1. The Morgan fingerprint density at radius 3 is 2.44 bits per heavy atom. The third-order valence-corrected chi connectivity index (χ3v) is 2.77. The van der Waals surface area contributed by atoms with E-state index in [4.69, 9.17) is 9.84 Å².